The van der Waals surface area contributed by atoms with Crippen molar-refractivity contribution in [1.29, 1.82) is 0 Å². The lowest BCUT2D eigenvalue weighted by atomic mass is 10.2. The van der Waals surface area contributed by atoms with E-state index in [0.717, 1.165) is 6.42 Å². The molecule has 1 N–H and O–H groups in total. The van der Waals surface area contributed by atoms with Crippen LogP contribution in [0.25, 0.3) is 11.5 Å². The second kappa shape index (κ2) is 5.57. The van der Waals surface area contributed by atoms with Crippen LogP contribution in [0.4, 0.5) is 5.69 Å². The average molecular weight is 263 g/mol. The largest absolute Gasteiger partial charge is 0.385 e. The zero-order valence-electron chi connectivity index (χ0n) is 10.3. The van der Waals surface area contributed by atoms with Crippen LogP contribution in [0, 0.1) is 10.1 Å². The van der Waals surface area contributed by atoms with Crippen LogP contribution < -0.4 is 0 Å². The molecule has 1 aromatic heterocycles. The van der Waals surface area contributed by atoms with Crippen molar-refractivity contribution < 1.29 is 14.6 Å². The van der Waals surface area contributed by atoms with E-state index in [-0.39, 0.29) is 17.4 Å². The van der Waals surface area contributed by atoms with Gasteiger partial charge in [0.05, 0.1) is 4.92 Å². The summed E-state index contributed by atoms with van der Waals surface area (Å²) in [5.74, 6) is 0.468. The molecule has 0 aliphatic heterocycles. The molecule has 0 amide bonds. The maximum absolute atomic E-state index is 10.5. The van der Waals surface area contributed by atoms with Gasteiger partial charge in [0.2, 0.25) is 5.82 Å². The van der Waals surface area contributed by atoms with Crippen molar-refractivity contribution in [2.24, 2.45) is 0 Å². The highest BCUT2D eigenvalue weighted by Crippen LogP contribution is 2.23. The van der Waals surface area contributed by atoms with E-state index in [1.165, 1.54) is 24.3 Å². The third-order valence-corrected chi connectivity index (χ3v) is 2.63. The quantitative estimate of drug-likeness (QED) is 0.656. The summed E-state index contributed by atoms with van der Waals surface area (Å²) in [5, 5.41) is 24.0. The first-order valence-electron chi connectivity index (χ1n) is 5.88. The summed E-state index contributed by atoms with van der Waals surface area (Å²) in [5.41, 5.74) is 0.572. The Bertz CT molecular complexity index is 565. The summed E-state index contributed by atoms with van der Waals surface area (Å²) < 4.78 is 5.03. The van der Waals surface area contributed by atoms with E-state index < -0.39 is 11.0 Å². The minimum atomic E-state index is -0.749. The molecule has 1 heterocycles. The molecule has 7 nitrogen and oxygen atoms in total. The van der Waals surface area contributed by atoms with Crippen LogP contribution in [0.15, 0.2) is 28.8 Å². The van der Waals surface area contributed by atoms with Gasteiger partial charge in [-0.2, -0.15) is 4.98 Å². The molecule has 1 aromatic carbocycles. The Hall–Kier alpha value is -2.28. The molecule has 1 atom stereocenters. The van der Waals surface area contributed by atoms with Crippen LogP contribution >= 0.6 is 0 Å². The Morgan fingerprint density at radius 1 is 1.42 bits per heavy atom. The maximum atomic E-state index is 10.5. The van der Waals surface area contributed by atoms with Gasteiger partial charge in [-0.25, -0.2) is 0 Å². The molecule has 0 aliphatic carbocycles. The van der Waals surface area contributed by atoms with Crippen molar-refractivity contribution in [3.05, 3.63) is 40.2 Å². The first-order chi connectivity index (χ1) is 9.11. The number of aliphatic hydroxyl groups is 1. The van der Waals surface area contributed by atoms with Crippen molar-refractivity contribution in [3.8, 4) is 11.5 Å². The van der Waals surface area contributed by atoms with Gasteiger partial charge in [-0.05, 0) is 18.6 Å². The Morgan fingerprint density at radius 3 is 2.68 bits per heavy atom. The molecule has 2 rings (SSSR count). The molecule has 2 aromatic rings. The fourth-order valence-electron chi connectivity index (χ4n) is 1.62. The highest BCUT2D eigenvalue weighted by molar-refractivity contribution is 5.55. The zero-order chi connectivity index (χ0) is 13.8. The number of aromatic nitrogens is 2. The minimum Gasteiger partial charge on any atom is -0.385 e. The number of non-ortho nitro benzene ring substituents is 1. The fraction of sp³-hybridized carbons (Fsp3) is 0.333. The molecule has 0 aliphatic rings. The van der Waals surface area contributed by atoms with Gasteiger partial charge in [0.1, 0.15) is 6.10 Å². The molecule has 0 saturated heterocycles. The second-order valence-corrected chi connectivity index (χ2v) is 4.07. The van der Waals surface area contributed by atoms with Gasteiger partial charge >= 0.3 is 0 Å². The van der Waals surface area contributed by atoms with Crippen molar-refractivity contribution in [1.82, 2.24) is 10.1 Å². The monoisotopic (exact) mass is 263 g/mol. The Labute approximate surface area is 109 Å². The standard InChI is InChI=1S/C12H13N3O4/c1-2-3-10(16)11-13-12(19-14-11)8-4-6-9(7-5-8)15(17)18/h4-7,10,16H,2-3H2,1H3. The van der Waals surface area contributed by atoms with E-state index in [2.05, 4.69) is 10.1 Å². The lowest BCUT2D eigenvalue weighted by Crippen LogP contribution is -1.98. The Morgan fingerprint density at radius 2 is 2.11 bits per heavy atom. The van der Waals surface area contributed by atoms with Gasteiger partial charge in [0.15, 0.2) is 0 Å². The summed E-state index contributed by atoms with van der Waals surface area (Å²) in [4.78, 5) is 14.1. The van der Waals surface area contributed by atoms with Crippen LogP contribution in [0.1, 0.15) is 31.7 Å². The number of hydrogen-bond donors (Lipinski definition) is 1. The third-order valence-electron chi connectivity index (χ3n) is 2.63. The predicted octanol–water partition coefficient (Wildman–Crippen LogP) is 2.48. The summed E-state index contributed by atoms with van der Waals surface area (Å²) in [6, 6.07) is 5.78. The highest BCUT2D eigenvalue weighted by Gasteiger charge is 2.16. The van der Waals surface area contributed by atoms with E-state index in [9.17, 15) is 15.2 Å². The molecule has 0 spiro atoms. The van der Waals surface area contributed by atoms with Gasteiger partial charge in [0, 0.05) is 17.7 Å². The second-order valence-electron chi connectivity index (χ2n) is 4.07. The van der Waals surface area contributed by atoms with Crippen LogP contribution in [0.3, 0.4) is 0 Å². The molecular formula is C12H13N3O4. The van der Waals surface area contributed by atoms with E-state index in [1.54, 1.807) is 0 Å². The van der Waals surface area contributed by atoms with Crippen molar-refractivity contribution >= 4 is 5.69 Å². The number of rotatable bonds is 5. The molecule has 1 unspecified atom stereocenters. The van der Waals surface area contributed by atoms with Crippen LogP contribution in [0.2, 0.25) is 0 Å². The smallest absolute Gasteiger partial charge is 0.269 e. The summed E-state index contributed by atoms with van der Waals surface area (Å²) in [6.07, 6.45) is 0.613. The summed E-state index contributed by atoms with van der Waals surface area (Å²) in [7, 11) is 0. The van der Waals surface area contributed by atoms with Crippen LogP contribution in [-0.4, -0.2) is 20.2 Å². The summed E-state index contributed by atoms with van der Waals surface area (Å²) >= 11 is 0. The topological polar surface area (TPSA) is 102 Å². The normalized spacial score (nSPS) is 12.3. The highest BCUT2D eigenvalue weighted by atomic mass is 16.6. The first-order valence-corrected chi connectivity index (χ1v) is 5.88. The van der Waals surface area contributed by atoms with Crippen molar-refractivity contribution in [3.63, 3.8) is 0 Å². The third kappa shape index (κ3) is 2.94. The van der Waals surface area contributed by atoms with Gasteiger partial charge in [-0.3, -0.25) is 10.1 Å². The fourth-order valence-corrected chi connectivity index (χ4v) is 1.62. The van der Waals surface area contributed by atoms with Crippen molar-refractivity contribution in [2.45, 2.75) is 25.9 Å². The maximum Gasteiger partial charge on any atom is 0.269 e. The molecule has 19 heavy (non-hydrogen) atoms. The molecule has 0 fully saturated rings. The minimum absolute atomic E-state index is 0.00509. The molecule has 100 valence electrons. The van der Waals surface area contributed by atoms with E-state index in [4.69, 9.17) is 4.52 Å². The molecule has 0 radical (unpaired) electrons. The Kier molecular flexibility index (Phi) is 3.86. The number of benzene rings is 1. The Balaban J connectivity index is 2.20. The van der Waals surface area contributed by atoms with Crippen molar-refractivity contribution in [2.75, 3.05) is 0 Å². The number of hydrogen-bond acceptors (Lipinski definition) is 6. The predicted molar refractivity (Wildman–Crippen MR) is 66.3 cm³/mol. The lowest BCUT2D eigenvalue weighted by molar-refractivity contribution is -0.384. The average Bonchev–Trinajstić information content (AvgIpc) is 2.89. The first kappa shape index (κ1) is 13.2. The summed E-state index contributed by atoms with van der Waals surface area (Å²) in [6.45, 7) is 1.94. The van der Waals surface area contributed by atoms with E-state index in [1.807, 2.05) is 6.92 Å². The van der Waals surface area contributed by atoms with Crippen LogP contribution in [0.5, 0.6) is 0 Å². The lowest BCUT2D eigenvalue weighted by Gasteiger charge is -2.01. The SMILES string of the molecule is CCCC(O)c1noc(-c2ccc([N+](=O)[O-])cc2)n1. The van der Waals surface area contributed by atoms with Gasteiger partial charge in [-0.1, -0.05) is 18.5 Å². The zero-order valence-corrected chi connectivity index (χ0v) is 10.3. The number of nitrogens with zero attached hydrogens (tertiary/aromatic N) is 3. The molecular weight excluding hydrogens is 250 g/mol. The number of nitro groups is 1. The van der Waals surface area contributed by atoms with Gasteiger partial charge < -0.3 is 9.63 Å². The van der Waals surface area contributed by atoms with E-state index >= 15 is 0 Å². The van der Waals surface area contributed by atoms with E-state index in [0.29, 0.717) is 12.0 Å². The number of nitro benzene ring substituents is 1. The molecule has 0 saturated carbocycles. The van der Waals surface area contributed by atoms with Crippen LogP contribution in [-0.2, 0) is 0 Å². The number of aliphatic hydroxyl groups excluding tert-OH is 1. The van der Waals surface area contributed by atoms with Gasteiger partial charge in [-0.15, -0.1) is 0 Å². The molecule has 7 heteroatoms. The molecule has 0 bridgehead atoms. The van der Waals surface area contributed by atoms with Gasteiger partial charge in [0.25, 0.3) is 11.6 Å².